The second-order valence-electron chi connectivity index (χ2n) is 7.93. The average molecular weight is 380 g/mol. The van der Waals surface area contributed by atoms with Crippen LogP contribution in [0, 0.1) is 0 Å². The first-order valence-corrected chi connectivity index (χ1v) is 9.70. The summed E-state index contributed by atoms with van der Waals surface area (Å²) < 4.78 is 13.8. The summed E-state index contributed by atoms with van der Waals surface area (Å²) in [5, 5.41) is 0. The molecule has 3 aromatic rings. The van der Waals surface area contributed by atoms with Crippen LogP contribution in [-0.4, -0.2) is 57.7 Å². The van der Waals surface area contributed by atoms with E-state index in [-0.39, 0.29) is 11.7 Å². The fraction of sp³-hybridized carbons (Fsp3) is 0.429. The molecule has 1 aromatic carbocycles. The lowest BCUT2D eigenvalue weighted by molar-refractivity contribution is -0.00252. The Labute approximate surface area is 163 Å². The van der Waals surface area contributed by atoms with Gasteiger partial charge in [-0.15, -0.1) is 0 Å². The Morgan fingerprint density at radius 2 is 1.89 bits per heavy atom. The first kappa shape index (κ1) is 17.3. The lowest BCUT2D eigenvalue weighted by Crippen LogP contribution is -2.46. The molecule has 7 nitrogen and oxygen atoms in total. The minimum Gasteiger partial charge on any atom is -0.456 e. The van der Waals surface area contributed by atoms with Crippen LogP contribution in [0.5, 0.6) is 0 Å². The average Bonchev–Trinajstić information content (AvgIpc) is 3.35. The summed E-state index contributed by atoms with van der Waals surface area (Å²) in [5.41, 5.74) is 1.76. The summed E-state index contributed by atoms with van der Waals surface area (Å²) in [7, 11) is 3.81. The number of furan rings is 1. The molecule has 0 unspecified atom stereocenters. The first-order chi connectivity index (χ1) is 13.5. The molecule has 2 aromatic heterocycles. The highest BCUT2D eigenvalue weighted by Crippen LogP contribution is 2.33. The lowest BCUT2D eigenvalue weighted by Gasteiger charge is -2.36. The van der Waals surface area contributed by atoms with Crippen molar-refractivity contribution < 1.29 is 13.9 Å². The van der Waals surface area contributed by atoms with E-state index in [0.29, 0.717) is 6.54 Å². The van der Waals surface area contributed by atoms with Crippen molar-refractivity contribution in [3.63, 3.8) is 0 Å². The second kappa shape index (κ2) is 6.38. The van der Waals surface area contributed by atoms with Crippen molar-refractivity contribution in [3.8, 4) is 11.6 Å². The number of likely N-dealkylation sites (tertiary alicyclic amines) is 1. The number of hydrogen-bond acceptors (Lipinski definition) is 5. The van der Waals surface area contributed by atoms with Gasteiger partial charge in [-0.3, -0.25) is 4.90 Å². The molecule has 146 valence electrons. The van der Waals surface area contributed by atoms with Gasteiger partial charge in [0, 0.05) is 40.0 Å². The monoisotopic (exact) mass is 380 g/mol. The van der Waals surface area contributed by atoms with E-state index in [2.05, 4.69) is 15.5 Å². The number of carbonyl (C=O) groups is 1. The van der Waals surface area contributed by atoms with Gasteiger partial charge < -0.3 is 18.6 Å². The lowest BCUT2D eigenvalue weighted by atomic mass is 9.91. The number of hydrogen-bond donors (Lipinski definition) is 0. The van der Waals surface area contributed by atoms with E-state index in [1.807, 2.05) is 37.4 Å². The van der Waals surface area contributed by atoms with Gasteiger partial charge in [-0.1, -0.05) is 12.1 Å². The zero-order chi connectivity index (χ0) is 19.3. The summed E-state index contributed by atoms with van der Waals surface area (Å²) in [5.74, 6) is 2.55. The molecule has 2 aliphatic heterocycles. The van der Waals surface area contributed by atoms with Gasteiger partial charge in [0.1, 0.15) is 11.4 Å². The molecular weight excluding hydrogens is 356 g/mol. The topological polar surface area (TPSA) is 63.7 Å². The number of piperidine rings is 1. The van der Waals surface area contributed by atoms with E-state index in [1.165, 1.54) is 0 Å². The maximum Gasteiger partial charge on any atom is 0.410 e. The molecule has 2 fully saturated rings. The summed E-state index contributed by atoms with van der Waals surface area (Å²) in [6, 6.07) is 12.1. The van der Waals surface area contributed by atoms with Gasteiger partial charge in [0.05, 0.1) is 24.1 Å². The predicted molar refractivity (Wildman–Crippen MR) is 105 cm³/mol. The number of benzene rings is 1. The van der Waals surface area contributed by atoms with Crippen molar-refractivity contribution in [2.24, 2.45) is 7.05 Å². The number of aromatic nitrogens is 2. The van der Waals surface area contributed by atoms with E-state index in [9.17, 15) is 4.79 Å². The van der Waals surface area contributed by atoms with Crippen LogP contribution in [-0.2, 0) is 18.3 Å². The quantitative estimate of drug-likeness (QED) is 0.698. The fourth-order valence-corrected chi connectivity index (χ4v) is 4.34. The molecule has 0 N–H and O–H groups in total. The van der Waals surface area contributed by atoms with Gasteiger partial charge >= 0.3 is 6.09 Å². The molecule has 2 saturated heterocycles. The van der Waals surface area contributed by atoms with Crippen LogP contribution in [0.4, 0.5) is 4.79 Å². The van der Waals surface area contributed by atoms with E-state index in [0.717, 1.165) is 60.9 Å². The number of fused-ring (bicyclic) bond motifs is 1. The Balaban J connectivity index is 1.27. The van der Waals surface area contributed by atoms with E-state index >= 15 is 0 Å². The summed E-state index contributed by atoms with van der Waals surface area (Å²) >= 11 is 0. The minimum absolute atomic E-state index is 0.202. The zero-order valence-corrected chi connectivity index (χ0v) is 16.2. The molecule has 0 radical (unpaired) electrons. The Morgan fingerprint density at radius 1 is 1.11 bits per heavy atom. The number of rotatable bonds is 3. The van der Waals surface area contributed by atoms with Crippen molar-refractivity contribution in [3.05, 3.63) is 42.2 Å². The van der Waals surface area contributed by atoms with E-state index in [1.54, 1.807) is 11.9 Å². The largest absolute Gasteiger partial charge is 0.456 e. The Bertz CT molecular complexity index is 1030. The van der Waals surface area contributed by atoms with Crippen LogP contribution in [0.3, 0.4) is 0 Å². The Hall–Kier alpha value is -2.80. The van der Waals surface area contributed by atoms with Crippen LogP contribution < -0.4 is 0 Å². The fourth-order valence-electron chi connectivity index (χ4n) is 4.34. The van der Waals surface area contributed by atoms with Crippen molar-refractivity contribution in [2.45, 2.75) is 25.0 Å². The first-order valence-electron chi connectivity index (χ1n) is 9.70. The number of ether oxygens (including phenoxy) is 1. The minimum atomic E-state index is -0.302. The van der Waals surface area contributed by atoms with E-state index in [4.69, 9.17) is 14.1 Å². The van der Waals surface area contributed by atoms with Gasteiger partial charge in [-0.05, 0) is 24.3 Å². The molecule has 1 amide bonds. The van der Waals surface area contributed by atoms with Crippen molar-refractivity contribution in [1.29, 1.82) is 0 Å². The van der Waals surface area contributed by atoms with Crippen molar-refractivity contribution >= 4 is 17.1 Å². The molecule has 0 aliphatic carbocycles. The third-order valence-electron chi connectivity index (χ3n) is 5.96. The number of likely N-dealkylation sites (N-methyl/N-ethyl adjacent to an activating group) is 1. The van der Waals surface area contributed by atoms with Gasteiger partial charge in [-0.25, -0.2) is 9.78 Å². The summed E-state index contributed by atoms with van der Waals surface area (Å²) in [4.78, 5) is 20.5. The highest BCUT2D eigenvalue weighted by molar-refractivity contribution is 5.79. The maximum absolute atomic E-state index is 11.7. The highest BCUT2D eigenvalue weighted by Gasteiger charge is 2.45. The number of carbonyl (C=O) groups excluding carboxylic acids is 1. The van der Waals surface area contributed by atoms with Crippen LogP contribution >= 0.6 is 0 Å². The van der Waals surface area contributed by atoms with Gasteiger partial charge in [-0.2, -0.15) is 0 Å². The van der Waals surface area contributed by atoms with Crippen LogP contribution in [0.15, 0.2) is 40.8 Å². The standard InChI is InChI=1S/C21H24N4O3/c1-23-14-21(28-20(23)26)9-11-25(12-10-21)13-15-7-8-18(27-15)19-22-16-5-3-4-6-17(16)24(19)2/h3-8H,9-14H2,1-2H3. The summed E-state index contributed by atoms with van der Waals surface area (Å²) in [6.45, 7) is 3.23. The highest BCUT2D eigenvalue weighted by atomic mass is 16.6. The third kappa shape index (κ3) is 2.86. The number of nitrogens with zero attached hydrogens (tertiary/aromatic N) is 4. The van der Waals surface area contributed by atoms with Crippen LogP contribution in [0.2, 0.25) is 0 Å². The molecular formula is C21H24N4O3. The number of amides is 1. The number of aryl methyl sites for hydroxylation is 1. The van der Waals surface area contributed by atoms with Gasteiger partial charge in [0.25, 0.3) is 0 Å². The van der Waals surface area contributed by atoms with Crippen LogP contribution in [0.1, 0.15) is 18.6 Å². The number of para-hydroxylation sites is 2. The molecule has 28 heavy (non-hydrogen) atoms. The normalized spacial score (nSPS) is 19.6. The third-order valence-corrected chi connectivity index (χ3v) is 5.96. The number of imidazole rings is 1. The molecule has 5 rings (SSSR count). The molecule has 0 atom stereocenters. The van der Waals surface area contributed by atoms with Crippen molar-refractivity contribution in [2.75, 3.05) is 26.7 Å². The molecule has 4 heterocycles. The Kier molecular flexibility index (Phi) is 3.94. The van der Waals surface area contributed by atoms with Crippen LogP contribution in [0.25, 0.3) is 22.6 Å². The second-order valence-corrected chi connectivity index (χ2v) is 7.93. The SMILES string of the molecule is CN1CC2(CCN(Cc3ccc(-c4nc5ccccc5n4C)o3)CC2)OC1=O. The van der Waals surface area contributed by atoms with Gasteiger partial charge in [0.2, 0.25) is 0 Å². The van der Waals surface area contributed by atoms with Gasteiger partial charge in [0.15, 0.2) is 11.6 Å². The Morgan fingerprint density at radius 3 is 2.61 bits per heavy atom. The predicted octanol–water partition coefficient (Wildman–Crippen LogP) is 3.25. The molecule has 7 heteroatoms. The zero-order valence-electron chi connectivity index (χ0n) is 16.2. The molecule has 0 bridgehead atoms. The summed E-state index contributed by atoms with van der Waals surface area (Å²) in [6.07, 6.45) is 1.52. The molecule has 1 spiro atoms. The molecule has 0 saturated carbocycles. The maximum atomic E-state index is 11.7. The van der Waals surface area contributed by atoms with E-state index < -0.39 is 0 Å². The smallest absolute Gasteiger partial charge is 0.410 e. The molecule has 2 aliphatic rings. The van der Waals surface area contributed by atoms with Crippen molar-refractivity contribution in [1.82, 2.24) is 19.4 Å².